The summed E-state index contributed by atoms with van der Waals surface area (Å²) < 4.78 is 5.49. The summed E-state index contributed by atoms with van der Waals surface area (Å²) in [7, 11) is 1.53. The van der Waals surface area contributed by atoms with Gasteiger partial charge in [0.2, 0.25) is 0 Å². The van der Waals surface area contributed by atoms with Gasteiger partial charge in [0.25, 0.3) is 0 Å². The van der Waals surface area contributed by atoms with Gasteiger partial charge in [0.05, 0.1) is 29.2 Å². The molecule has 3 fully saturated rings. The monoisotopic (exact) mass is 512 g/mol. The van der Waals surface area contributed by atoms with Crippen molar-refractivity contribution in [3.8, 4) is 18.4 Å². The highest BCUT2D eigenvalue weighted by atomic mass is 16.5. The maximum Gasteiger partial charge on any atom is 0.312 e. The largest absolute Gasteiger partial charge is 0.469 e. The SMILES string of the molecule is C#C[C@]12C=C(C#N)C(=O)C(C)(C)[C@@H]1CC[C@]1(C)C2=CC2=N[C@]23[C@@H]2CC(C)(C)CC[C@]2(C(=O)OC)CC[C@@]13C. The van der Waals surface area contributed by atoms with E-state index < -0.39 is 21.8 Å². The van der Waals surface area contributed by atoms with Crippen LogP contribution in [0.5, 0.6) is 0 Å². The standard InChI is InChI=1S/C33H40N2O3/c1-9-31-17-20(19-34)25(36)28(4,5)21(31)10-11-29(6)22(31)16-24-33(35-24)23-18-27(2,3)12-14-32(23,26(37)38-8)15-13-30(29,33)7/h1,16-17,21,23H,10-15,18H2,2-8H3/t21-,23+,29+,30-,31-,32-,33+/m0/s1. The van der Waals surface area contributed by atoms with Crippen LogP contribution in [0.3, 0.4) is 0 Å². The molecule has 0 unspecified atom stereocenters. The van der Waals surface area contributed by atoms with Gasteiger partial charge in [-0.25, -0.2) is 0 Å². The van der Waals surface area contributed by atoms with Crippen molar-refractivity contribution in [3.05, 3.63) is 23.3 Å². The Bertz CT molecular complexity index is 1370. The van der Waals surface area contributed by atoms with Crippen molar-refractivity contribution < 1.29 is 14.3 Å². The highest BCUT2D eigenvalue weighted by Gasteiger charge is 2.80. The summed E-state index contributed by atoms with van der Waals surface area (Å²) in [4.78, 5) is 32.2. The van der Waals surface area contributed by atoms with Crippen LogP contribution in [0.2, 0.25) is 0 Å². The molecule has 0 amide bonds. The van der Waals surface area contributed by atoms with Crippen LogP contribution >= 0.6 is 0 Å². The van der Waals surface area contributed by atoms with Crippen molar-refractivity contribution in [2.45, 2.75) is 92.0 Å². The second-order valence-electron chi connectivity index (χ2n) is 14.9. The molecule has 5 nitrogen and oxygen atoms in total. The van der Waals surface area contributed by atoms with Crippen molar-refractivity contribution >= 4 is 17.5 Å². The Morgan fingerprint density at radius 1 is 1.08 bits per heavy atom. The van der Waals surface area contributed by atoms with Crippen molar-refractivity contribution in [3.63, 3.8) is 0 Å². The zero-order chi connectivity index (χ0) is 27.7. The van der Waals surface area contributed by atoms with Gasteiger partial charge < -0.3 is 4.74 Å². The fourth-order valence-electron chi connectivity index (χ4n) is 10.3. The normalized spacial score (nSPS) is 47.1. The molecule has 1 spiro atoms. The summed E-state index contributed by atoms with van der Waals surface area (Å²) in [5, 5.41) is 9.94. The van der Waals surface area contributed by atoms with Crippen molar-refractivity contribution in [2.75, 3.05) is 7.11 Å². The smallest absolute Gasteiger partial charge is 0.312 e. The van der Waals surface area contributed by atoms with Gasteiger partial charge in [-0.3, -0.25) is 14.6 Å². The molecule has 38 heavy (non-hydrogen) atoms. The minimum Gasteiger partial charge on any atom is -0.469 e. The molecule has 6 aliphatic rings. The van der Waals surface area contributed by atoms with Gasteiger partial charge in [-0.15, -0.1) is 6.42 Å². The first-order valence-corrected chi connectivity index (χ1v) is 14.2. The number of esters is 1. The van der Waals surface area contributed by atoms with Crippen LogP contribution in [0.1, 0.15) is 86.5 Å². The van der Waals surface area contributed by atoms with Crippen LogP contribution in [0.25, 0.3) is 0 Å². The summed E-state index contributed by atoms with van der Waals surface area (Å²) >= 11 is 0. The third-order valence-corrected chi connectivity index (χ3v) is 12.8. The Balaban J connectivity index is 1.57. The number of allylic oxidation sites excluding steroid dienone is 3. The first-order chi connectivity index (χ1) is 17.7. The van der Waals surface area contributed by atoms with E-state index in [1.54, 1.807) is 0 Å². The van der Waals surface area contributed by atoms with Crippen LogP contribution in [0.4, 0.5) is 0 Å². The van der Waals surface area contributed by atoms with E-state index in [2.05, 4.69) is 45.8 Å². The number of aliphatic imine (C=N–C) groups is 1. The minimum absolute atomic E-state index is 0.0752. The van der Waals surface area contributed by atoms with Gasteiger partial charge in [0, 0.05) is 16.7 Å². The molecule has 1 aliphatic heterocycles. The number of nitriles is 1. The minimum atomic E-state index is -0.807. The zero-order valence-electron chi connectivity index (χ0n) is 24.0. The van der Waals surface area contributed by atoms with Crippen LogP contribution in [-0.2, 0) is 14.3 Å². The zero-order valence-corrected chi connectivity index (χ0v) is 24.0. The van der Waals surface area contributed by atoms with Crippen molar-refractivity contribution in [2.24, 2.45) is 49.3 Å². The first-order valence-electron chi connectivity index (χ1n) is 14.2. The number of terminal acetylenes is 1. The number of methoxy groups -OCH3 is 1. The van der Waals surface area contributed by atoms with E-state index in [1.807, 2.05) is 19.9 Å². The van der Waals surface area contributed by atoms with Crippen molar-refractivity contribution in [1.82, 2.24) is 0 Å². The fraction of sp³-hybridized carbons (Fsp3) is 0.697. The van der Waals surface area contributed by atoms with Crippen LogP contribution in [-0.4, -0.2) is 30.1 Å². The fourth-order valence-corrected chi connectivity index (χ4v) is 10.3. The summed E-state index contributed by atoms with van der Waals surface area (Å²) in [6.07, 6.45) is 16.6. The van der Waals surface area contributed by atoms with Gasteiger partial charge in [0.15, 0.2) is 5.78 Å². The summed E-state index contributed by atoms with van der Waals surface area (Å²) in [6, 6.07) is 2.17. The molecule has 0 radical (unpaired) electrons. The van der Waals surface area contributed by atoms with E-state index in [4.69, 9.17) is 16.2 Å². The average molecular weight is 513 g/mol. The van der Waals surface area contributed by atoms with E-state index in [0.717, 1.165) is 56.2 Å². The lowest BCUT2D eigenvalue weighted by Gasteiger charge is -2.68. The Morgan fingerprint density at radius 3 is 2.39 bits per heavy atom. The van der Waals surface area contributed by atoms with E-state index in [-0.39, 0.29) is 45.4 Å². The highest BCUT2D eigenvalue weighted by Crippen LogP contribution is 2.79. The Kier molecular flexibility index (Phi) is 4.78. The number of fused-ring (bicyclic) bond motifs is 5. The number of Topliss-reactive ketones (excluding diaryl/α,β-unsaturated/α-hetero) is 1. The van der Waals surface area contributed by atoms with Gasteiger partial charge in [-0.05, 0) is 79.4 Å². The summed E-state index contributed by atoms with van der Waals surface area (Å²) in [5.41, 5.74) is -0.451. The highest BCUT2D eigenvalue weighted by molar-refractivity contribution is 6.17. The number of carbonyl (C=O) groups is 2. The number of nitrogens with zero attached hydrogens (tertiary/aromatic N) is 2. The third-order valence-electron chi connectivity index (χ3n) is 12.8. The van der Waals surface area contributed by atoms with Crippen molar-refractivity contribution in [1.29, 1.82) is 5.26 Å². The lowest BCUT2D eigenvalue weighted by Crippen LogP contribution is -2.69. The van der Waals surface area contributed by atoms with Gasteiger partial charge >= 0.3 is 5.97 Å². The van der Waals surface area contributed by atoms with E-state index in [9.17, 15) is 14.9 Å². The van der Waals surface area contributed by atoms with Crippen LogP contribution < -0.4 is 0 Å². The molecule has 0 aromatic carbocycles. The number of hydrogen-bond acceptors (Lipinski definition) is 5. The topological polar surface area (TPSA) is 79.5 Å². The molecule has 0 aromatic heterocycles. The number of carbonyl (C=O) groups excluding carboxylic acids is 2. The quantitative estimate of drug-likeness (QED) is 0.319. The average Bonchev–Trinajstić information content (AvgIpc) is 3.61. The lowest BCUT2D eigenvalue weighted by atomic mass is 9.33. The Morgan fingerprint density at radius 2 is 1.76 bits per heavy atom. The third kappa shape index (κ3) is 2.53. The number of rotatable bonds is 1. The molecule has 5 heteroatoms. The molecule has 1 heterocycles. The molecule has 0 N–H and O–H groups in total. The molecule has 0 saturated heterocycles. The van der Waals surface area contributed by atoms with E-state index in [0.29, 0.717) is 0 Å². The number of ketones is 1. The predicted octanol–water partition coefficient (Wildman–Crippen LogP) is 6.00. The second kappa shape index (κ2) is 7.10. The molecular formula is C33H40N2O3. The van der Waals surface area contributed by atoms with Crippen LogP contribution in [0.15, 0.2) is 28.3 Å². The van der Waals surface area contributed by atoms with Gasteiger partial charge in [-0.1, -0.05) is 47.5 Å². The van der Waals surface area contributed by atoms with Gasteiger partial charge in [-0.2, -0.15) is 5.26 Å². The molecule has 0 bridgehead atoms. The molecule has 7 atom stereocenters. The molecule has 3 saturated carbocycles. The summed E-state index contributed by atoms with van der Waals surface area (Å²) in [5.74, 6) is 2.99. The van der Waals surface area contributed by atoms with E-state index in [1.165, 1.54) is 7.11 Å². The molecular weight excluding hydrogens is 472 g/mol. The molecule has 0 aromatic rings. The first kappa shape index (κ1) is 25.6. The predicted molar refractivity (Wildman–Crippen MR) is 146 cm³/mol. The Hall–Kier alpha value is -2.66. The lowest BCUT2D eigenvalue weighted by molar-refractivity contribution is -0.180. The number of ether oxygens (including phenoxy) is 1. The van der Waals surface area contributed by atoms with Crippen LogP contribution in [0, 0.1) is 68.0 Å². The Labute approximate surface area is 227 Å². The summed E-state index contributed by atoms with van der Waals surface area (Å²) in [6.45, 7) is 13.3. The molecule has 5 aliphatic carbocycles. The molecule has 200 valence electrons. The maximum atomic E-state index is 13.5. The maximum absolute atomic E-state index is 13.5. The number of hydrogen-bond donors (Lipinski definition) is 0. The van der Waals surface area contributed by atoms with Gasteiger partial charge in [0.1, 0.15) is 11.6 Å². The van der Waals surface area contributed by atoms with E-state index >= 15 is 0 Å². The molecule has 6 rings (SSSR count). The second-order valence-corrected chi connectivity index (χ2v) is 14.9.